The molecule has 3 heterocycles. The number of Topliss-reactive ketones (excluding diaryl/α,β-unsaturated/α-hetero) is 1. The molecule has 1 atom stereocenters. The molecular formula is C29H34N2O8. The highest BCUT2D eigenvalue weighted by molar-refractivity contribution is 6.46. The Morgan fingerprint density at radius 3 is 2.49 bits per heavy atom. The van der Waals surface area contributed by atoms with Crippen LogP contribution in [-0.2, 0) is 14.3 Å². The second-order valence-corrected chi connectivity index (χ2v) is 9.50. The molecule has 2 aromatic rings. The molecule has 2 aromatic carbocycles. The van der Waals surface area contributed by atoms with E-state index in [1.807, 2.05) is 6.92 Å². The Balaban J connectivity index is 1.52. The van der Waals surface area contributed by atoms with Crippen LogP contribution in [-0.4, -0.2) is 92.9 Å². The number of carbonyl (C=O) groups is 2. The molecule has 0 aromatic heterocycles. The lowest BCUT2D eigenvalue weighted by atomic mass is 9.94. The Bertz CT molecular complexity index is 1250. The standard InChI is InChI=1S/C29H34N2O8/c1-3-37-21-7-5-19(17-23(21)35-2)26-25(27(32)20-6-8-22-24(18-20)39-16-15-38-22)28(33)29(34)31(26)10-4-9-30-11-13-36-14-12-30/h5-8,17-18,26,32H,3-4,9-16H2,1-2H3/t26-/m1/s1. The molecule has 39 heavy (non-hydrogen) atoms. The normalized spacial score (nSPS) is 20.8. The summed E-state index contributed by atoms with van der Waals surface area (Å²) in [4.78, 5) is 30.6. The van der Waals surface area contributed by atoms with Crippen molar-refractivity contribution in [1.82, 2.24) is 9.80 Å². The van der Waals surface area contributed by atoms with E-state index < -0.39 is 17.7 Å². The quantitative estimate of drug-likeness (QED) is 0.293. The predicted molar refractivity (Wildman–Crippen MR) is 142 cm³/mol. The van der Waals surface area contributed by atoms with Crippen LogP contribution in [0.1, 0.15) is 30.5 Å². The molecule has 10 heteroatoms. The highest BCUT2D eigenvalue weighted by Gasteiger charge is 2.46. The maximum atomic E-state index is 13.4. The fraction of sp³-hybridized carbons (Fsp3) is 0.448. The lowest BCUT2D eigenvalue weighted by molar-refractivity contribution is -0.140. The molecule has 3 aliphatic rings. The van der Waals surface area contributed by atoms with Crippen LogP contribution in [0.25, 0.3) is 5.76 Å². The summed E-state index contributed by atoms with van der Waals surface area (Å²) in [5, 5.41) is 11.5. The number of hydrogen-bond acceptors (Lipinski definition) is 9. The molecule has 208 valence electrons. The first kappa shape index (κ1) is 26.8. The molecule has 2 fully saturated rings. The number of ether oxygens (including phenoxy) is 5. The van der Waals surface area contributed by atoms with E-state index in [9.17, 15) is 14.7 Å². The van der Waals surface area contributed by atoms with Gasteiger partial charge in [0, 0.05) is 31.7 Å². The Kier molecular flexibility index (Phi) is 8.23. The first-order chi connectivity index (χ1) is 19.0. The Hall–Kier alpha value is -3.76. The van der Waals surface area contributed by atoms with Crippen molar-refractivity contribution in [3.05, 3.63) is 53.1 Å². The van der Waals surface area contributed by atoms with Gasteiger partial charge in [-0.15, -0.1) is 0 Å². The van der Waals surface area contributed by atoms with E-state index in [-0.39, 0.29) is 11.3 Å². The molecule has 0 unspecified atom stereocenters. The van der Waals surface area contributed by atoms with Gasteiger partial charge in [0.05, 0.1) is 38.5 Å². The van der Waals surface area contributed by atoms with Crippen LogP contribution in [0.15, 0.2) is 42.0 Å². The molecule has 1 N–H and O–H groups in total. The number of rotatable bonds is 9. The minimum absolute atomic E-state index is 0.0225. The van der Waals surface area contributed by atoms with Crippen LogP contribution in [0.5, 0.6) is 23.0 Å². The van der Waals surface area contributed by atoms with Gasteiger partial charge in [0.15, 0.2) is 23.0 Å². The molecule has 0 bridgehead atoms. The number of hydrogen-bond donors (Lipinski definition) is 1. The van der Waals surface area contributed by atoms with Gasteiger partial charge in [0.1, 0.15) is 19.0 Å². The monoisotopic (exact) mass is 538 g/mol. The third-order valence-corrected chi connectivity index (χ3v) is 7.14. The summed E-state index contributed by atoms with van der Waals surface area (Å²) in [5.41, 5.74) is 1.03. The van der Waals surface area contributed by atoms with Crippen molar-refractivity contribution in [3.63, 3.8) is 0 Å². The van der Waals surface area contributed by atoms with Crippen LogP contribution in [0.3, 0.4) is 0 Å². The molecule has 0 radical (unpaired) electrons. The van der Waals surface area contributed by atoms with Gasteiger partial charge in [0.2, 0.25) is 0 Å². The van der Waals surface area contributed by atoms with Gasteiger partial charge in [-0.25, -0.2) is 0 Å². The van der Waals surface area contributed by atoms with E-state index in [4.69, 9.17) is 23.7 Å². The molecule has 2 saturated heterocycles. The zero-order valence-electron chi connectivity index (χ0n) is 22.3. The number of fused-ring (bicyclic) bond motifs is 1. The van der Waals surface area contributed by atoms with E-state index in [1.165, 1.54) is 7.11 Å². The number of carbonyl (C=O) groups excluding carboxylic acids is 2. The van der Waals surface area contributed by atoms with Gasteiger partial charge in [-0.1, -0.05) is 6.07 Å². The fourth-order valence-corrected chi connectivity index (χ4v) is 5.22. The summed E-state index contributed by atoms with van der Waals surface area (Å²) >= 11 is 0. The molecular weight excluding hydrogens is 504 g/mol. The van der Waals surface area contributed by atoms with Gasteiger partial charge >= 0.3 is 0 Å². The number of likely N-dealkylation sites (tertiary alicyclic amines) is 1. The molecule has 0 spiro atoms. The third-order valence-electron chi connectivity index (χ3n) is 7.14. The number of methoxy groups -OCH3 is 1. The van der Waals surface area contributed by atoms with Gasteiger partial charge < -0.3 is 33.7 Å². The average Bonchev–Trinajstić information content (AvgIpc) is 3.22. The Labute approximate surface area is 227 Å². The van der Waals surface area contributed by atoms with Crippen LogP contribution < -0.4 is 18.9 Å². The van der Waals surface area contributed by atoms with Gasteiger partial charge in [-0.2, -0.15) is 0 Å². The average molecular weight is 539 g/mol. The first-order valence-electron chi connectivity index (χ1n) is 13.3. The van der Waals surface area contributed by atoms with Crippen molar-refractivity contribution in [2.24, 2.45) is 0 Å². The second kappa shape index (κ2) is 12.0. The van der Waals surface area contributed by atoms with E-state index in [0.29, 0.717) is 80.1 Å². The number of nitrogens with zero attached hydrogens (tertiary/aromatic N) is 2. The second-order valence-electron chi connectivity index (χ2n) is 9.50. The SMILES string of the molecule is CCOc1ccc([C@@H]2C(=C(O)c3ccc4c(c3)OCCO4)C(=O)C(=O)N2CCCN2CCOCC2)cc1OC. The minimum Gasteiger partial charge on any atom is -0.507 e. The lowest BCUT2D eigenvalue weighted by Gasteiger charge is -2.29. The fourth-order valence-electron chi connectivity index (χ4n) is 5.22. The summed E-state index contributed by atoms with van der Waals surface area (Å²) in [6.07, 6.45) is 0.668. The lowest BCUT2D eigenvalue weighted by Crippen LogP contribution is -2.39. The topological polar surface area (TPSA) is 107 Å². The van der Waals surface area contributed by atoms with Crippen molar-refractivity contribution in [3.8, 4) is 23.0 Å². The third kappa shape index (κ3) is 5.53. The van der Waals surface area contributed by atoms with Crippen molar-refractivity contribution >= 4 is 17.4 Å². The van der Waals surface area contributed by atoms with Gasteiger partial charge in [0.25, 0.3) is 11.7 Å². The molecule has 3 aliphatic heterocycles. The number of aliphatic hydroxyl groups is 1. The van der Waals surface area contributed by atoms with Crippen molar-refractivity contribution in [2.75, 3.05) is 66.3 Å². The minimum atomic E-state index is -0.799. The number of ketones is 1. The van der Waals surface area contributed by atoms with Crippen molar-refractivity contribution in [2.45, 2.75) is 19.4 Å². The van der Waals surface area contributed by atoms with Crippen molar-refractivity contribution in [1.29, 1.82) is 0 Å². The summed E-state index contributed by atoms with van der Waals surface area (Å²) in [7, 11) is 1.54. The molecule has 5 rings (SSSR count). The maximum Gasteiger partial charge on any atom is 0.295 e. The summed E-state index contributed by atoms with van der Waals surface area (Å²) < 4.78 is 27.9. The Morgan fingerprint density at radius 1 is 0.974 bits per heavy atom. The summed E-state index contributed by atoms with van der Waals surface area (Å²) in [6, 6.07) is 9.50. The number of benzene rings is 2. The van der Waals surface area contributed by atoms with E-state index in [1.54, 1.807) is 41.3 Å². The highest BCUT2D eigenvalue weighted by Crippen LogP contribution is 2.43. The maximum absolute atomic E-state index is 13.4. The van der Waals surface area contributed by atoms with Crippen LogP contribution in [0, 0.1) is 0 Å². The zero-order valence-corrected chi connectivity index (χ0v) is 22.3. The zero-order chi connectivity index (χ0) is 27.4. The van der Waals surface area contributed by atoms with Crippen molar-refractivity contribution < 1.29 is 38.4 Å². The highest BCUT2D eigenvalue weighted by atomic mass is 16.6. The molecule has 0 aliphatic carbocycles. The summed E-state index contributed by atoms with van der Waals surface area (Å²) in [5.74, 6) is 0.435. The largest absolute Gasteiger partial charge is 0.507 e. The Morgan fingerprint density at radius 2 is 1.74 bits per heavy atom. The summed E-state index contributed by atoms with van der Waals surface area (Å²) in [6.45, 7) is 7.32. The number of aliphatic hydroxyl groups excluding tert-OH is 1. The van der Waals surface area contributed by atoms with Crippen LogP contribution in [0.2, 0.25) is 0 Å². The number of morpholine rings is 1. The van der Waals surface area contributed by atoms with E-state index in [2.05, 4.69) is 4.90 Å². The molecule has 10 nitrogen and oxygen atoms in total. The number of amides is 1. The van der Waals surface area contributed by atoms with Gasteiger partial charge in [-0.05, 0) is 49.2 Å². The van der Waals surface area contributed by atoms with Crippen LogP contribution in [0.4, 0.5) is 0 Å². The molecule has 0 saturated carbocycles. The van der Waals surface area contributed by atoms with Gasteiger partial charge in [-0.3, -0.25) is 14.5 Å². The van der Waals surface area contributed by atoms with E-state index >= 15 is 0 Å². The molecule has 1 amide bonds. The van der Waals surface area contributed by atoms with E-state index in [0.717, 1.165) is 19.6 Å². The predicted octanol–water partition coefficient (Wildman–Crippen LogP) is 3.01. The first-order valence-corrected chi connectivity index (χ1v) is 13.3. The van der Waals surface area contributed by atoms with Crippen LogP contribution >= 0.6 is 0 Å². The smallest absolute Gasteiger partial charge is 0.295 e.